The van der Waals surface area contributed by atoms with Crippen molar-refractivity contribution < 1.29 is 12.8 Å². The van der Waals surface area contributed by atoms with Crippen LogP contribution in [0.4, 0.5) is 0 Å². The van der Waals surface area contributed by atoms with Crippen molar-refractivity contribution in [2.24, 2.45) is 0 Å². The predicted molar refractivity (Wildman–Crippen MR) is 81.3 cm³/mol. The zero-order valence-electron chi connectivity index (χ0n) is 11.6. The Kier molecular flexibility index (Phi) is 3.53. The first kappa shape index (κ1) is 13.9. The third kappa shape index (κ3) is 2.70. The van der Waals surface area contributed by atoms with Crippen LogP contribution in [-0.2, 0) is 16.6 Å². The normalized spacial score (nSPS) is 12.1. The number of nitrogens with zero attached hydrogens (tertiary/aromatic N) is 1. The van der Waals surface area contributed by atoms with E-state index in [0.29, 0.717) is 5.76 Å². The highest BCUT2D eigenvalue weighted by Gasteiger charge is 2.21. The van der Waals surface area contributed by atoms with Gasteiger partial charge in [0.15, 0.2) is 0 Å². The molecule has 1 heterocycles. The molecule has 0 fully saturated rings. The van der Waals surface area contributed by atoms with E-state index in [2.05, 4.69) is 0 Å². The van der Waals surface area contributed by atoms with Gasteiger partial charge in [0, 0.05) is 12.4 Å². The van der Waals surface area contributed by atoms with Crippen LogP contribution in [0.15, 0.2) is 70.0 Å². The third-order valence-electron chi connectivity index (χ3n) is 3.31. The number of para-hydroxylation sites is 1. The zero-order valence-corrected chi connectivity index (χ0v) is 12.4. The fraction of sp³-hybridized carbons (Fsp3) is 0.125. The first-order chi connectivity index (χ1) is 10.1. The van der Waals surface area contributed by atoms with Crippen molar-refractivity contribution in [3.63, 3.8) is 0 Å². The number of rotatable bonds is 4. The summed E-state index contributed by atoms with van der Waals surface area (Å²) in [6.07, 6.45) is 0. The van der Waals surface area contributed by atoms with Crippen molar-refractivity contribution in [2.75, 3.05) is 7.05 Å². The van der Waals surface area contributed by atoms with Gasteiger partial charge in [-0.1, -0.05) is 36.4 Å². The molecule has 0 aliphatic heterocycles. The van der Waals surface area contributed by atoms with Crippen LogP contribution < -0.4 is 0 Å². The molecule has 0 atom stereocenters. The molecule has 3 aromatic rings. The molecule has 5 heteroatoms. The summed E-state index contributed by atoms with van der Waals surface area (Å²) in [5.74, 6) is 0.623. The Morgan fingerprint density at radius 3 is 2.38 bits per heavy atom. The number of furan rings is 1. The van der Waals surface area contributed by atoms with Gasteiger partial charge in [-0.2, -0.15) is 4.31 Å². The summed E-state index contributed by atoms with van der Waals surface area (Å²) in [5, 5.41) is 0.970. The lowest BCUT2D eigenvalue weighted by atomic mass is 10.2. The highest BCUT2D eigenvalue weighted by Crippen LogP contribution is 2.22. The van der Waals surface area contributed by atoms with Crippen molar-refractivity contribution in [3.8, 4) is 0 Å². The quantitative estimate of drug-likeness (QED) is 0.743. The maximum atomic E-state index is 12.4. The van der Waals surface area contributed by atoms with Crippen LogP contribution in [0.3, 0.4) is 0 Å². The summed E-state index contributed by atoms with van der Waals surface area (Å²) in [6.45, 7) is 0.200. The van der Waals surface area contributed by atoms with Crippen LogP contribution in [0.1, 0.15) is 5.76 Å². The highest BCUT2D eigenvalue weighted by atomic mass is 32.2. The smallest absolute Gasteiger partial charge is 0.243 e. The van der Waals surface area contributed by atoms with Crippen LogP contribution in [0.5, 0.6) is 0 Å². The second-order valence-electron chi connectivity index (χ2n) is 4.82. The lowest BCUT2D eigenvalue weighted by molar-refractivity contribution is 0.418. The predicted octanol–water partition coefficient (Wildman–Crippen LogP) is 3.25. The Balaban J connectivity index is 1.87. The van der Waals surface area contributed by atoms with Gasteiger partial charge in [-0.25, -0.2) is 8.42 Å². The molecule has 3 rings (SSSR count). The maximum absolute atomic E-state index is 12.4. The van der Waals surface area contributed by atoms with E-state index in [1.54, 1.807) is 37.4 Å². The zero-order chi connectivity index (χ0) is 14.9. The number of sulfonamides is 1. The first-order valence-electron chi connectivity index (χ1n) is 6.56. The molecule has 0 saturated heterocycles. The van der Waals surface area contributed by atoms with Crippen molar-refractivity contribution in [1.82, 2.24) is 4.31 Å². The van der Waals surface area contributed by atoms with Gasteiger partial charge in [0.2, 0.25) is 10.0 Å². The number of hydrogen-bond acceptors (Lipinski definition) is 3. The first-order valence-corrected chi connectivity index (χ1v) is 8.00. The fourth-order valence-corrected chi connectivity index (χ4v) is 3.35. The van der Waals surface area contributed by atoms with Crippen LogP contribution in [0, 0.1) is 0 Å². The van der Waals surface area contributed by atoms with E-state index in [-0.39, 0.29) is 11.4 Å². The molecule has 1 aromatic heterocycles. The van der Waals surface area contributed by atoms with E-state index in [1.807, 2.05) is 30.3 Å². The Morgan fingerprint density at radius 1 is 1.00 bits per heavy atom. The van der Waals surface area contributed by atoms with Gasteiger partial charge in [-0.15, -0.1) is 0 Å². The van der Waals surface area contributed by atoms with E-state index in [1.165, 1.54) is 4.31 Å². The van der Waals surface area contributed by atoms with Crippen molar-refractivity contribution in [1.29, 1.82) is 0 Å². The fourth-order valence-electron chi connectivity index (χ4n) is 2.19. The van der Waals surface area contributed by atoms with Crippen LogP contribution in [0.25, 0.3) is 11.0 Å². The van der Waals surface area contributed by atoms with Gasteiger partial charge in [-0.3, -0.25) is 0 Å². The van der Waals surface area contributed by atoms with Gasteiger partial charge in [0.05, 0.1) is 11.4 Å². The van der Waals surface area contributed by atoms with Crippen molar-refractivity contribution in [2.45, 2.75) is 11.4 Å². The molecule has 0 bridgehead atoms. The Hall–Kier alpha value is -2.11. The van der Waals surface area contributed by atoms with E-state index >= 15 is 0 Å². The molecule has 0 amide bonds. The van der Waals surface area contributed by atoms with Gasteiger partial charge < -0.3 is 4.42 Å². The number of benzene rings is 2. The molecule has 0 spiro atoms. The Labute approximate surface area is 123 Å². The van der Waals surface area contributed by atoms with E-state index in [9.17, 15) is 8.42 Å². The van der Waals surface area contributed by atoms with Gasteiger partial charge in [-0.05, 0) is 24.3 Å². The Morgan fingerprint density at radius 2 is 1.67 bits per heavy atom. The molecule has 0 unspecified atom stereocenters. The largest absolute Gasteiger partial charge is 0.460 e. The molecule has 0 radical (unpaired) electrons. The maximum Gasteiger partial charge on any atom is 0.243 e. The average molecular weight is 301 g/mol. The van der Waals surface area contributed by atoms with Crippen LogP contribution in [0.2, 0.25) is 0 Å². The summed E-state index contributed by atoms with van der Waals surface area (Å²) in [5.41, 5.74) is 0.762. The molecule has 0 saturated carbocycles. The summed E-state index contributed by atoms with van der Waals surface area (Å²) in [6, 6.07) is 17.9. The molecule has 2 aromatic carbocycles. The molecular formula is C16H15NO3S. The van der Waals surface area contributed by atoms with E-state index in [4.69, 9.17) is 4.42 Å². The number of hydrogen-bond donors (Lipinski definition) is 0. The molecule has 4 nitrogen and oxygen atoms in total. The minimum atomic E-state index is -3.50. The third-order valence-corrected chi connectivity index (χ3v) is 5.12. The summed E-state index contributed by atoms with van der Waals surface area (Å²) < 4.78 is 31.8. The topological polar surface area (TPSA) is 50.5 Å². The van der Waals surface area contributed by atoms with Gasteiger partial charge in [0.1, 0.15) is 11.3 Å². The standard InChI is InChI=1S/C16H15NO3S/c1-17(21(18,19)15-8-3-2-4-9-15)12-14-11-13-7-5-6-10-16(13)20-14/h2-11H,12H2,1H3. The second-order valence-corrected chi connectivity index (χ2v) is 6.87. The van der Waals surface area contributed by atoms with Crippen LogP contribution in [-0.4, -0.2) is 19.8 Å². The summed E-state index contributed by atoms with van der Waals surface area (Å²) in [7, 11) is -1.95. The molecule has 0 N–H and O–H groups in total. The minimum absolute atomic E-state index is 0.200. The van der Waals surface area contributed by atoms with E-state index < -0.39 is 10.0 Å². The van der Waals surface area contributed by atoms with E-state index in [0.717, 1.165) is 11.0 Å². The molecule has 21 heavy (non-hydrogen) atoms. The molecule has 108 valence electrons. The molecular weight excluding hydrogens is 286 g/mol. The number of fused-ring (bicyclic) bond motifs is 1. The summed E-state index contributed by atoms with van der Waals surface area (Å²) in [4.78, 5) is 0.281. The monoisotopic (exact) mass is 301 g/mol. The minimum Gasteiger partial charge on any atom is -0.460 e. The average Bonchev–Trinajstić information content (AvgIpc) is 2.90. The molecule has 0 aliphatic carbocycles. The lowest BCUT2D eigenvalue weighted by Gasteiger charge is -2.15. The SMILES string of the molecule is CN(Cc1cc2ccccc2o1)S(=O)(=O)c1ccccc1. The van der Waals surface area contributed by atoms with Gasteiger partial charge >= 0.3 is 0 Å². The lowest BCUT2D eigenvalue weighted by Crippen LogP contribution is -2.26. The summed E-state index contributed by atoms with van der Waals surface area (Å²) >= 11 is 0. The Bertz CT molecular complexity index is 820. The molecule has 0 aliphatic rings. The highest BCUT2D eigenvalue weighted by molar-refractivity contribution is 7.89. The van der Waals surface area contributed by atoms with Crippen LogP contribution >= 0.6 is 0 Å². The van der Waals surface area contributed by atoms with Crippen molar-refractivity contribution >= 4 is 21.0 Å². The van der Waals surface area contributed by atoms with Crippen molar-refractivity contribution in [3.05, 3.63) is 66.4 Å². The van der Waals surface area contributed by atoms with Gasteiger partial charge in [0.25, 0.3) is 0 Å². The second kappa shape index (κ2) is 5.35.